The predicted molar refractivity (Wildman–Crippen MR) is 72.5 cm³/mol. The Morgan fingerprint density at radius 3 is 2.53 bits per heavy atom. The molecule has 0 bridgehead atoms. The third-order valence-electron chi connectivity index (χ3n) is 3.42. The van der Waals surface area contributed by atoms with Crippen LogP contribution in [-0.2, 0) is 0 Å². The molecule has 1 aliphatic rings. The zero-order valence-electron chi connectivity index (χ0n) is 11.0. The number of pyridine rings is 1. The van der Waals surface area contributed by atoms with Crippen LogP contribution in [0.15, 0.2) is 12.1 Å². The molecule has 2 rings (SSSR count). The van der Waals surface area contributed by atoms with Gasteiger partial charge in [-0.15, -0.1) is 0 Å². The minimum Gasteiger partial charge on any atom is -0.469 e. The lowest BCUT2D eigenvalue weighted by molar-refractivity contribution is -0.386. The second-order valence-corrected chi connectivity index (χ2v) is 5.76. The summed E-state index contributed by atoms with van der Waals surface area (Å²) in [5.41, 5.74) is -0.129. The third-order valence-corrected chi connectivity index (χ3v) is 3.63. The largest absolute Gasteiger partial charge is 0.469 e. The fraction of sp³-hybridized carbons (Fsp3) is 0.615. The van der Waals surface area contributed by atoms with Crippen LogP contribution in [0.2, 0.25) is 5.15 Å². The first-order chi connectivity index (χ1) is 8.95. The highest BCUT2D eigenvalue weighted by Crippen LogP contribution is 2.34. The van der Waals surface area contributed by atoms with Crippen LogP contribution in [0.25, 0.3) is 0 Å². The second-order valence-electron chi connectivity index (χ2n) is 5.37. The lowest BCUT2D eigenvalue weighted by atomic mass is 9.82. The van der Waals surface area contributed by atoms with Crippen molar-refractivity contribution in [3.63, 3.8) is 0 Å². The molecule has 0 spiro atoms. The van der Waals surface area contributed by atoms with Crippen LogP contribution in [0, 0.1) is 22.0 Å². The summed E-state index contributed by atoms with van der Waals surface area (Å²) in [4.78, 5) is 14.4. The molecule has 0 aliphatic heterocycles. The molecule has 1 aliphatic carbocycles. The van der Waals surface area contributed by atoms with Gasteiger partial charge in [0, 0.05) is 6.07 Å². The molecule has 2 atom stereocenters. The van der Waals surface area contributed by atoms with E-state index < -0.39 is 4.92 Å². The van der Waals surface area contributed by atoms with Gasteiger partial charge >= 0.3 is 5.69 Å². The van der Waals surface area contributed by atoms with Gasteiger partial charge in [0.1, 0.15) is 11.3 Å². The van der Waals surface area contributed by atoms with Crippen LogP contribution >= 0.6 is 11.6 Å². The molecule has 0 amide bonds. The number of nitro groups is 1. The Balaban J connectivity index is 2.18. The molecule has 0 saturated heterocycles. The van der Waals surface area contributed by atoms with Gasteiger partial charge in [-0.2, -0.15) is 4.98 Å². The van der Waals surface area contributed by atoms with Gasteiger partial charge in [-0.25, -0.2) is 0 Å². The second kappa shape index (κ2) is 5.74. The van der Waals surface area contributed by atoms with E-state index >= 15 is 0 Å². The van der Waals surface area contributed by atoms with Crippen molar-refractivity contribution >= 4 is 17.3 Å². The number of hydrogen-bond acceptors (Lipinski definition) is 4. The summed E-state index contributed by atoms with van der Waals surface area (Å²) in [6.45, 7) is 4.34. The first-order valence-electron chi connectivity index (χ1n) is 6.43. The number of hydrogen-bond donors (Lipinski definition) is 0. The number of nitrogens with zero attached hydrogens (tertiary/aromatic N) is 2. The number of halogens is 1. The van der Waals surface area contributed by atoms with Gasteiger partial charge in [-0.3, -0.25) is 10.1 Å². The Morgan fingerprint density at radius 1 is 1.32 bits per heavy atom. The molecular formula is C13H17ClN2O3. The normalized spacial score (nSPS) is 27.0. The Labute approximate surface area is 117 Å². The van der Waals surface area contributed by atoms with Gasteiger partial charge in [-0.05, 0) is 37.2 Å². The molecule has 2 unspecified atom stereocenters. The molecule has 0 N–H and O–H groups in total. The average Bonchev–Trinajstić information content (AvgIpc) is 2.26. The highest BCUT2D eigenvalue weighted by Gasteiger charge is 2.28. The standard InChI is InChI=1S/C13H17ClN2O3/c1-8-5-9(2)7-10(6-8)19-13-11(16(17)18)3-4-12(14)15-13/h3-4,8-10H,5-7H2,1-2H3. The summed E-state index contributed by atoms with van der Waals surface area (Å²) < 4.78 is 5.73. The Bertz CT molecular complexity index is 471. The van der Waals surface area contributed by atoms with Crippen LogP contribution in [0.1, 0.15) is 33.1 Å². The SMILES string of the molecule is CC1CC(C)CC(Oc2nc(Cl)ccc2[N+](=O)[O-])C1. The molecule has 1 heterocycles. The topological polar surface area (TPSA) is 65.3 Å². The van der Waals surface area contributed by atoms with E-state index in [4.69, 9.17) is 16.3 Å². The molecular weight excluding hydrogens is 268 g/mol. The van der Waals surface area contributed by atoms with Gasteiger partial charge in [0.05, 0.1) is 4.92 Å². The molecule has 1 aromatic rings. The number of ether oxygens (including phenoxy) is 1. The molecule has 1 fully saturated rings. The number of aromatic nitrogens is 1. The summed E-state index contributed by atoms with van der Waals surface area (Å²) >= 11 is 5.78. The third kappa shape index (κ3) is 3.56. The van der Waals surface area contributed by atoms with Crippen LogP contribution in [0.5, 0.6) is 5.88 Å². The Kier molecular flexibility index (Phi) is 4.24. The van der Waals surface area contributed by atoms with Crippen molar-refractivity contribution in [3.8, 4) is 5.88 Å². The van der Waals surface area contributed by atoms with Crippen molar-refractivity contribution in [1.29, 1.82) is 0 Å². The molecule has 104 valence electrons. The molecule has 5 nitrogen and oxygen atoms in total. The van der Waals surface area contributed by atoms with Crippen molar-refractivity contribution in [3.05, 3.63) is 27.4 Å². The Hall–Kier alpha value is -1.36. The average molecular weight is 285 g/mol. The van der Waals surface area contributed by atoms with E-state index in [2.05, 4.69) is 18.8 Å². The van der Waals surface area contributed by atoms with Crippen molar-refractivity contribution in [2.75, 3.05) is 0 Å². The maximum atomic E-state index is 10.9. The van der Waals surface area contributed by atoms with E-state index in [9.17, 15) is 10.1 Å². The summed E-state index contributed by atoms with van der Waals surface area (Å²) in [6, 6.07) is 2.74. The first kappa shape index (κ1) is 14.1. The van der Waals surface area contributed by atoms with E-state index in [0.29, 0.717) is 11.8 Å². The van der Waals surface area contributed by atoms with E-state index in [-0.39, 0.29) is 22.8 Å². The molecule has 0 radical (unpaired) electrons. The first-order valence-corrected chi connectivity index (χ1v) is 6.81. The quantitative estimate of drug-likeness (QED) is 0.480. The van der Waals surface area contributed by atoms with Crippen molar-refractivity contribution in [2.45, 2.75) is 39.2 Å². The lowest BCUT2D eigenvalue weighted by Gasteiger charge is -2.31. The molecule has 19 heavy (non-hydrogen) atoms. The van der Waals surface area contributed by atoms with Crippen LogP contribution in [0.3, 0.4) is 0 Å². The molecule has 1 saturated carbocycles. The van der Waals surface area contributed by atoms with Crippen LogP contribution < -0.4 is 4.74 Å². The molecule has 1 aromatic heterocycles. The van der Waals surface area contributed by atoms with Crippen molar-refractivity contribution in [1.82, 2.24) is 4.98 Å². The minimum absolute atomic E-state index is 0.0246. The summed E-state index contributed by atoms with van der Waals surface area (Å²) in [5, 5.41) is 11.2. The smallest absolute Gasteiger partial charge is 0.331 e. The van der Waals surface area contributed by atoms with E-state index in [1.807, 2.05) is 0 Å². The van der Waals surface area contributed by atoms with E-state index in [1.165, 1.54) is 18.6 Å². The lowest BCUT2D eigenvalue weighted by Crippen LogP contribution is -2.29. The highest BCUT2D eigenvalue weighted by molar-refractivity contribution is 6.29. The van der Waals surface area contributed by atoms with Crippen molar-refractivity contribution < 1.29 is 9.66 Å². The monoisotopic (exact) mass is 284 g/mol. The maximum absolute atomic E-state index is 10.9. The summed E-state index contributed by atoms with van der Waals surface area (Å²) in [6.07, 6.45) is 2.94. The van der Waals surface area contributed by atoms with Crippen LogP contribution in [-0.4, -0.2) is 16.0 Å². The van der Waals surface area contributed by atoms with Gasteiger partial charge < -0.3 is 4.74 Å². The summed E-state index contributed by atoms with van der Waals surface area (Å²) in [7, 11) is 0. The zero-order chi connectivity index (χ0) is 14.0. The van der Waals surface area contributed by atoms with Gasteiger partial charge in [0.25, 0.3) is 5.88 Å². The Morgan fingerprint density at radius 2 is 1.95 bits per heavy atom. The fourth-order valence-electron chi connectivity index (χ4n) is 2.76. The minimum atomic E-state index is -0.492. The van der Waals surface area contributed by atoms with E-state index in [1.54, 1.807) is 0 Å². The molecule has 0 aromatic carbocycles. The van der Waals surface area contributed by atoms with Crippen molar-refractivity contribution in [2.24, 2.45) is 11.8 Å². The summed E-state index contributed by atoms with van der Waals surface area (Å²) in [5.74, 6) is 1.16. The maximum Gasteiger partial charge on any atom is 0.331 e. The number of rotatable bonds is 3. The zero-order valence-corrected chi connectivity index (χ0v) is 11.8. The van der Waals surface area contributed by atoms with Gasteiger partial charge in [0.2, 0.25) is 0 Å². The van der Waals surface area contributed by atoms with Gasteiger partial charge in [0.15, 0.2) is 0 Å². The fourth-order valence-corrected chi connectivity index (χ4v) is 2.90. The predicted octanol–water partition coefficient (Wildman–Crippen LogP) is 3.85. The molecule has 6 heteroatoms. The van der Waals surface area contributed by atoms with E-state index in [0.717, 1.165) is 12.8 Å². The van der Waals surface area contributed by atoms with Crippen LogP contribution in [0.4, 0.5) is 5.69 Å². The highest BCUT2D eigenvalue weighted by atomic mass is 35.5. The van der Waals surface area contributed by atoms with Gasteiger partial charge in [-0.1, -0.05) is 25.4 Å².